The van der Waals surface area contributed by atoms with E-state index in [2.05, 4.69) is 9.47 Å². The number of ether oxygens (including phenoxy) is 2. The van der Waals surface area contributed by atoms with E-state index >= 15 is 0 Å². The van der Waals surface area contributed by atoms with Gasteiger partial charge in [-0.2, -0.15) is 52.7 Å². The van der Waals surface area contributed by atoms with Crippen LogP contribution < -0.4 is 0 Å². The second kappa shape index (κ2) is 12.3. The molecule has 0 radical (unpaired) electrons. The lowest BCUT2D eigenvalue weighted by Gasteiger charge is -2.42. The van der Waals surface area contributed by atoms with E-state index in [4.69, 9.17) is 10.2 Å². The van der Waals surface area contributed by atoms with Crippen molar-refractivity contribution in [2.24, 2.45) is 10.8 Å². The third-order valence-corrected chi connectivity index (χ3v) is 6.45. The number of halogens is 12. The molecule has 1 atom stereocenters. The number of benzene rings is 1. The van der Waals surface area contributed by atoms with E-state index in [1.807, 2.05) is 0 Å². The third-order valence-electron chi connectivity index (χ3n) is 6.45. The molecule has 0 aliphatic heterocycles. The van der Waals surface area contributed by atoms with E-state index in [0.29, 0.717) is 0 Å². The van der Waals surface area contributed by atoms with E-state index in [-0.39, 0.29) is 18.6 Å². The Morgan fingerprint density at radius 3 is 1.10 bits per heavy atom. The summed E-state index contributed by atoms with van der Waals surface area (Å²) in [5, 5.41) is 18.0. The summed E-state index contributed by atoms with van der Waals surface area (Å²) in [5.74, 6) is -1.19. The predicted molar refractivity (Wildman–Crippen MR) is 126 cm³/mol. The Morgan fingerprint density at radius 1 is 0.571 bits per heavy atom. The SMILES string of the molecule is CC(C)(C)CC(c1cc(C(OCCO)(C(F)(F)F)C(F)(F)F)cc(C(OCCO)(C(F)(F)F)C(F)(F)F)c1)C(C)(C)C. The number of hydrogen-bond acceptors (Lipinski definition) is 4. The van der Waals surface area contributed by atoms with Crippen LogP contribution in [-0.2, 0) is 20.7 Å². The molecule has 0 fully saturated rings. The zero-order chi connectivity index (χ0) is 33.4. The van der Waals surface area contributed by atoms with E-state index in [0.717, 1.165) is 0 Å². The highest BCUT2D eigenvalue weighted by Crippen LogP contribution is 2.58. The van der Waals surface area contributed by atoms with Crippen molar-refractivity contribution < 1.29 is 72.4 Å². The first-order chi connectivity index (χ1) is 18.5. The molecule has 0 aliphatic rings. The molecule has 0 saturated heterocycles. The van der Waals surface area contributed by atoms with Gasteiger partial charge in [0, 0.05) is 11.1 Å². The van der Waals surface area contributed by atoms with Gasteiger partial charge < -0.3 is 19.7 Å². The standard InChI is InChI=1S/C26H34F12O4/c1-19(2,3)14-18(20(4,5)6)15-11-16(21(23(27,28)29,24(30,31)32)41-9-7-39)13-17(12-15)22(25(33,34)35,26(36,37)38)42-10-8-40/h11-13,18,39-40H,7-10,14H2,1-6H3. The van der Waals surface area contributed by atoms with Gasteiger partial charge in [-0.15, -0.1) is 0 Å². The van der Waals surface area contributed by atoms with Crippen molar-refractivity contribution in [3.8, 4) is 0 Å². The molecule has 1 aromatic rings. The number of rotatable bonds is 10. The first-order valence-corrected chi connectivity index (χ1v) is 12.5. The Kier molecular flexibility index (Phi) is 11.2. The smallest absolute Gasteiger partial charge is 0.394 e. The largest absolute Gasteiger partial charge is 0.430 e. The predicted octanol–water partition coefficient (Wildman–Crippen LogP) is 7.91. The highest BCUT2D eigenvalue weighted by Gasteiger charge is 2.76. The highest BCUT2D eigenvalue weighted by molar-refractivity contribution is 5.42. The maximum atomic E-state index is 14.4. The van der Waals surface area contributed by atoms with Gasteiger partial charge in [-0.3, -0.25) is 0 Å². The molecule has 0 aliphatic carbocycles. The van der Waals surface area contributed by atoms with Crippen molar-refractivity contribution in [3.05, 3.63) is 34.9 Å². The fraction of sp³-hybridized carbons (Fsp3) is 0.769. The van der Waals surface area contributed by atoms with Gasteiger partial charge in [0.1, 0.15) is 0 Å². The van der Waals surface area contributed by atoms with Crippen molar-refractivity contribution in [2.75, 3.05) is 26.4 Å². The molecule has 0 amide bonds. The molecule has 1 aromatic carbocycles. The number of alkyl halides is 12. The van der Waals surface area contributed by atoms with Crippen LogP contribution in [0.25, 0.3) is 0 Å². The number of hydrogen-bond donors (Lipinski definition) is 2. The zero-order valence-corrected chi connectivity index (χ0v) is 23.6. The van der Waals surface area contributed by atoms with Crippen LogP contribution in [0.3, 0.4) is 0 Å². The van der Waals surface area contributed by atoms with Crippen molar-refractivity contribution in [1.82, 2.24) is 0 Å². The minimum atomic E-state index is -6.48. The lowest BCUT2D eigenvalue weighted by atomic mass is 9.68. The second-order valence-electron chi connectivity index (χ2n) is 12.0. The van der Waals surface area contributed by atoms with Crippen molar-refractivity contribution >= 4 is 0 Å². The molecule has 1 rings (SSSR count). The van der Waals surface area contributed by atoms with E-state index < -0.39 is 102 Å². The Hall–Kier alpha value is -1.78. The van der Waals surface area contributed by atoms with Gasteiger partial charge in [0.05, 0.1) is 26.4 Å². The molecule has 0 heterocycles. The van der Waals surface area contributed by atoms with Crippen molar-refractivity contribution in [1.29, 1.82) is 0 Å². The van der Waals surface area contributed by atoms with E-state index in [1.54, 1.807) is 20.8 Å². The Labute approximate surface area is 235 Å². The summed E-state index contributed by atoms with van der Waals surface area (Å²) in [7, 11) is 0. The topological polar surface area (TPSA) is 58.9 Å². The summed E-state index contributed by atoms with van der Waals surface area (Å²) < 4.78 is 181. The minimum absolute atomic E-state index is 0.0928. The molecule has 42 heavy (non-hydrogen) atoms. The lowest BCUT2D eigenvalue weighted by molar-refractivity contribution is -0.392. The number of aliphatic hydroxyl groups is 2. The fourth-order valence-electron chi connectivity index (χ4n) is 4.66. The van der Waals surface area contributed by atoms with Gasteiger partial charge in [-0.05, 0) is 34.8 Å². The van der Waals surface area contributed by atoms with Crippen LogP contribution in [0.2, 0.25) is 0 Å². The van der Waals surface area contributed by atoms with Gasteiger partial charge in [0.15, 0.2) is 0 Å². The summed E-state index contributed by atoms with van der Waals surface area (Å²) in [5.41, 5.74) is -17.7. The summed E-state index contributed by atoms with van der Waals surface area (Å²) >= 11 is 0. The average molecular weight is 639 g/mol. The molecule has 0 spiro atoms. The Morgan fingerprint density at radius 2 is 0.881 bits per heavy atom. The number of aliphatic hydroxyl groups excluding tert-OH is 2. The molecule has 2 N–H and O–H groups in total. The Balaban J connectivity index is 4.62. The van der Waals surface area contributed by atoms with Crippen LogP contribution >= 0.6 is 0 Å². The maximum absolute atomic E-state index is 14.4. The summed E-state index contributed by atoms with van der Waals surface area (Å²) in [6.45, 7) is 3.14. The normalized spacial score (nSPS) is 15.7. The molecule has 0 saturated carbocycles. The quantitative estimate of drug-likeness (QED) is 0.256. The molecule has 0 aromatic heterocycles. The zero-order valence-electron chi connectivity index (χ0n) is 23.6. The Bertz CT molecular complexity index is 938. The first-order valence-electron chi connectivity index (χ1n) is 12.5. The van der Waals surface area contributed by atoms with Crippen LogP contribution in [0.15, 0.2) is 18.2 Å². The monoisotopic (exact) mass is 638 g/mol. The molecule has 1 unspecified atom stereocenters. The van der Waals surface area contributed by atoms with Gasteiger partial charge in [-0.25, -0.2) is 0 Å². The fourth-order valence-corrected chi connectivity index (χ4v) is 4.66. The van der Waals surface area contributed by atoms with Crippen molar-refractivity contribution in [2.45, 2.75) is 89.8 Å². The van der Waals surface area contributed by atoms with Gasteiger partial charge in [0.25, 0.3) is 11.2 Å². The molecule has 0 bridgehead atoms. The molecule has 4 nitrogen and oxygen atoms in total. The molecule has 246 valence electrons. The van der Waals surface area contributed by atoms with Gasteiger partial charge >= 0.3 is 24.7 Å². The lowest BCUT2D eigenvalue weighted by Crippen LogP contribution is -2.58. The van der Waals surface area contributed by atoms with Gasteiger partial charge in [-0.1, -0.05) is 53.7 Å². The van der Waals surface area contributed by atoms with Gasteiger partial charge in [0.2, 0.25) is 0 Å². The van der Waals surface area contributed by atoms with Crippen LogP contribution in [-0.4, -0.2) is 61.3 Å². The second-order valence-corrected chi connectivity index (χ2v) is 12.0. The van der Waals surface area contributed by atoms with E-state index in [1.165, 1.54) is 20.8 Å². The third kappa shape index (κ3) is 7.65. The molecular formula is C26H34F12O4. The van der Waals surface area contributed by atoms with Crippen LogP contribution in [0.4, 0.5) is 52.7 Å². The molecule has 16 heteroatoms. The molecular weight excluding hydrogens is 604 g/mol. The minimum Gasteiger partial charge on any atom is -0.394 e. The van der Waals surface area contributed by atoms with Crippen LogP contribution in [0, 0.1) is 10.8 Å². The summed E-state index contributed by atoms with van der Waals surface area (Å²) in [4.78, 5) is 0. The highest BCUT2D eigenvalue weighted by atomic mass is 19.4. The summed E-state index contributed by atoms with van der Waals surface area (Å²) in [6, 6.07) is -0.0862. The summed E-state index contributed by atoms with van der Waals surface area (Å²) in [6.07, 6.45) is -26.0. The van der Waals surface area contributed by atoms with Crippen LogP contribution in [0.1, 0.15) is 70.6 Å². The maximum Gasteiger partial charge on any atom is 0.430 e. The van der Waals surface area contributed by atoms with Crippen LogP contribution in [0.5, 0.6) is 0 Å². The van der Waals surface area contributed by atoms with E-state index in [9.17, 15) is 52.7 Å². The average Bonchev–Trinajstić information content (AvgIpc) is 2.73. The van der Waals surface area contributed by atoms with Crippen molar-refractivity contribution in [3.63, 3.8) is 0 Å². The first kappa shape index (κ1) is 38.2.